The summed E-state index contributed by atoms with van der Waals surface area (Å²) in [5, 5.41) is 0. The van der Waals surface area contributed by atoms with Crippen LogP contribution in [-0.4, -0.2) is 41.5 Å². The molecule has 0 amide bonds. The molecule has 0 spiro atoms. The van der Waals surface area contributed by atoms with E-state index in [2.05, 4.69) is 22.1 Å². The van der Waals surface area contributed by atoms with Crippen LogP contribution in [0.5, 0.6) is 0 Å². The van der Waals surface area contributed by atoms with E-state index in [-0.39, 0.29) is 0 Å². The lowest BCUT2D eigenvalue weighted by Crippen LogP contribution is -2.52. The quantitative estimate of drug-likeness (QED) is 0.528. The predicted molar refractivity (Wildman–Crippen MR) is 48.8 cm³/mol. The third kappa shape index (κ3) is 0.908. The van der Waals surface area contributed by atoms with Crippen LogP contribution in [0.3, 0.4) is 0 Å². The van der Waals surface area contributed by atoms with Gasteiger partial charge in [0, 0.05) is 25.2 Å². The molecule has 2 fully saturated rings. The average molecular weight is 164 g/mol. The Balaban J connectivity index is 1.78. The summed E-state index contributed by atoms with van der Waals surface area (Å²) in [7, 11) is 0. The van der Waals surface area contributed by atoms with E-state index in [1.807, 2.05) is 0 Å². The monoisotopic (exact) mass is 164 g/mol. The molecular weight excluding hydrogens is 148 g/mol. The van der Waals surface area contributed by atoms with Gasteiger partial charge in [-0.3, -0.25) is 4.90 Å². The van der Waals surface area contributed by atoms with Gasteiger partial charge in [0.1, 0.15) is 0 Å². The van der Waals surface area contributed by atoms with Gasteiger partial charge in [-0.05, 0) is 32.0 Å². The van der Waals surface area contributed by atoms with Crippen molar-refractivity contribution in [2.24, 2.45) is 0 Å². The van der Waals surface area contributed by atoms with Crippen molar-refractivity contribution in [3.63, 3.8) is 0 Å². The summed E-state index contributed by atoms with van der Waals surface area (Å²) < 4.78 is 0. The van der Waals surface area contributed by atoms with Crippen LogP contribution in [0.25, 0.3) is 0 Å². The molecule has 2 nitrogen and oxygen atoms in total. The first kappa shape index (κ1) is 6.96. The van der Waals surface area contributed by atoms with Gasteiger partial charge in [-0.1, -0.05) is 6.08 Å². The largest absolute Gasteiger partial charge is 0.372 e. The van der Waals surface area contributed by atoms with Gasteiger partial charge < -0.3 is 4.90 Å². The topological polar surface area (TPSA) is 6.48 Å². The second-order valence-corrected chi connectivity index (χ2v) is 4.26. The second-order valence-electron chi connectivity index (χ2n) is 4.26. The van der Waals surface area contributed by atoms with Crippen molar-refractivity contribution in [1.29, 1.82) is 0 Å². The number of piperazine rings is 1. The van der Waals surface area contributed by atoms with Crippen molar-refractivity contribution >= 4 is 0 Å². The molecule has 0 aromatic heterocycles. The Labute approximate surface area is 73.8 Å². The zero-order valence-electron chi connectivity index (χ0n) is 7.45. The van der Waals surface area contributed by atoms with Crippen LogP contribution in [-0.2, 0) is 0 Å². The van der Waals surface area contributed by atoms with Crippen LogP contribution in [0.2, 0.25) is 0 Å². The van der Waals surface area contributed by atoms with Gasteiger partial charge in [0.2, 0.25) is 0 Å². The van der Waals surface area contributed by atoms with Crippen LogP contribution < -0.4 is 0 Å². The number of hydrogen-bond acceptors (Lipinski definition) is 2. The maximum atomic E-state index is 2.69. The van der Waals surface area contributed by atoms with Gasteiger partial charge in [0.25, 0.3) is 0 Å². The number of nitrogens with zero attached hydrogens (tertiary/aromatic N) is 2. The zero-order valence-corrected chi connectivity index (χ0v) is 7.45. The van der Waals surface area contributed by atoms with Crippen LogP contribution in [0.15, 0.2) is 12.3 Å². The Bertz CT molecular complexity index is 212. The molecule has 0 bridgehead atoms. The molecule has 3 aliphatic heterocycles. The van der Waals surface area contributed by atoms with E-state index >= 15 is 0 Å². The molecular formula is C10H16N2. The summed E-state index contributed by atoms with van der Waals surface area (Å²) in [6.45, 7) is 3.97. The summed E-state index contributed by atoms with van der Waals surface area (Å²) in [6.07, 6.45) is 8.77. The Morgan fingerprint density at radius 2 is 2.17 bits per heavy atom. The van der Waals surface area contributed by atoms with Gasteiger partial charge in [0.15, 0.2) is 0 Å². The Morgan fingerprint density at radius 1 is 1.17 bits per heavy atom. The van der Waals surface area contributed by atoms with Crippen molar-refractivity contribution < 1.29 is 0 Å². The van der Waals surface area contributed by atoms with Gasteiger partial charge in [-0.2, -0.15) is 0 Å². The first-order chi connectivity index (χ1) is 5.93. The molecule has 3 heterocycles. The molecule has 2 atom stereocenters. The molecule has 0 aliphatic carbocycles. The minimum Gasteiger partial charge on any atom is -0.372 e. The average Bonchev–Trinajstić information content (AvgIpc) is 2.64. The summed E-state index contributed by atoms with van der Waals surface area (Å²) in [5.41, 5.74) is 0. The SMILES string of the molecule is C1=CN2CC3CCCN3CC2C1. The van der Waals surface area contributed by atoms with Crippen LogP contribution in [0, 0.1) is 0 Å². The highest BCUT2D eigenvalue weighted by atomic mass is 15.3. The minimum atomic E-state index is 0.819. The van der Waals surface area contributed by atoms with E-state index in [9.17, 15) is 0 Å². The van der Waals surface area contributed by atoms with Gasteiger partial charge in [-0.15, -0.1) is 0 Å². The third-order valence-corrected chi connectivity index (χ3v) is 3.54. The fourth-order valence-electron chi connectivity index (χ4n) is 2.86. The lowest BCUT2D eigenvalue weighted by atomic mass is 10.1. The fourth-order valence-corrected chi connectivity index (χ4v) is 2.86. The maximum Gasteiger partial charge on any atom is 0.0447 e. The highest BCUT2D eigenvalue weighted by Crippen LogP contribution is 2.28. The Hall–Kier alpha value is -0.500. The van der Waals surface area contributed by atoms with E-state index in [0.717, 1.165) is 12.1 Å². The molecule has 12 heavy (non-hydrogen) atoms. The molecule has 2 unspecified atom stereocenters. The second kappa shape index (κ2) is 2.49. The van der Waals surface area contributed by atoms with Crippen LogP contribution in [0.1, 0.15) is 19.3 Å². The number of rotatable bonds is 0. The minimum absolute atomic E-state index is 0.819. The molecule has 3 rings (SSSR count). The van der Waals surface area contributed by atoms with E-state index < -0.39 is 0 Å². The predicted octanol–water partition coefficient (Wildman–Crippen LogP) is 1.05. The molecule has 0 aromatic rings. The van der Waals surface area contributed by atoms with Crippen molar-refractivity contribution in [2.75, 3.05) is 19.6 Å². The van der Waals surface area contributed by atoms with Crippen molar-refractivity contribution in [3.05, 3.63) is 12.3 Å². The van der Waals surface area contributed by atoms with Crippen molar-refractivity contribution in [2.45, 2.75) is 31.3 Å². The summed E-state index contributed by atoms with van der Waals surface area (Å²) in [5.74, 6) is 0. The molecule has 0 radical (unpaired) electrons. The Morgan fingerprint density at radius 3 is 3.17 bits per heavy atom. The standard InChI is InChI=1S/C10H16N2/c1-3-9-7-12-6-2-4-10(12)8-11(9)5-1/h1,5,9-10H,2-4,6-8H2. The normalized spacial score (nSPS) is 40.2. The lowest BCUT2D eigenvalue weighted by Gasteiger charge is -2.40. The van der Waals surface area contributed by atoms with E-state index in [0.29, 0.717) is 0 Å². The molecule has 0 saturated carbocycles. The molecule has 2 saturated heterocycles. The van der Waals surface area contributed by atoms with Crippen molar-refractivity contribution in [1.82, 2.24) is 9.80 Å². The van der Waals surface area contributed by atoms with Crippen LogP contribution >= 0.6 is 0 Å². The number of hydrogen-bond donors (Lipinski definition) is 0. The highest BCUT2D eigenvalue weighted by molar-refractivity contribution is 5.04. The molecule has 0 aromatic carbocycles. The van der Waals surface area contributed by atoms with E-state index in [1.54, 1.807) is 0 Å². The van der Waals surface area contributed by atoms with E-state index in [1.165, 1.54) is 38.9 Å². The van der Waals surface area contributed by atoms with Crippen molar-refractivity contribution in [3.8, 4) is 0 Å². The maximum absolute atomic E-state index is 2.69. The molecule has 3 aliphatic rings. The van der Waals surface area contributed by atoms with Gasteiger partial charge >= 0.3 is 0 Å². The van der Waals surface area contributed by atoms with Gasteiger partial charge in [-0.25, -0.2) is 0 Å². The lowest BCUT2D eigenvalue weighted by molar-refractivity contribution is 0.0964. The number of fused-ring (bicyclic) bond motifs is 2. The summed E-state index contributed by atoms with van der Waals surface area (Å²) in [4.78, 5) is 5.24. The first-order valence-electron chi connectivity index (χ1n) is 5.10. The fraction of sp³-hybridized carbons (Fsp3) is 0.800. The molecule has 66 valence electrons. The summed E-state index contributed by atoms with van der Waals surface area (Å²) >= 11 is 0. The zero-order chi connectivity index (χ0) is 7.97. The summed E-state index contributed by atoms with van der Waals surface area (Å²) in [6, 6.07) is 1.70. The Kier molecular flexibility index (Phi) is 1.44. The van der Waals surface area contributed by atoms with Gasteiger partial charge in [0.05, 0.1) is 0 Å². The van der Waals surface area contributed by atoms with Crippen LogP contribution in [0.4, 0.5) is 0 Å². The highest BCUT2D eigenvalue weighted by Gasteiger charge is 2.35. The first-order valence-corrected chi connectivity index (χ1v) is 5.10. The molecule has 2 heteroatoms. The van der Waals surface area contributed by atoms with E-state index in [4.69, 9.17) is 0 Å². The smallest absolute Gasteiger partial charge is 0.0447 e. The third-order valence-electron chi connectivity index (χ3n) is 3.54. The molecule has 0 N–H and O–H groups in total.